The number of benzene rings is 1. The van der Waals surface area contributed by atoms with E-state index in [1.165, 1.54) is 6.07 Å². The molecule has 0 heterocycles. The van der Waals surface area contributed by atoms with Gasteiger partial charge in [0.05, 0.1) is 12.1 Å². The van der Waals surface area contributed by atoms with Crippen molar-refractivity contribution in [3.8, 4) is 11.8 Å². The minimum absolute atomic E-state index is 0.0510. The summed E-state index contributed by atoms with van der Waals surface area (Å²) >= 11 is 0. The van der Waals surface area contributed by atoms with Gasteiger partial charge < -0.3 is 10.1 Å². The van der Waals surface area contributed by atoms with Crippen molar-refractivity contribution in [2.75, 3.05) is 6.54 Å². The Kier molecular flexibility index (Phi) is 5.48. The fraction of sp³-hybridized carbons (Fsp3) is 0.438. The molecule has 6 heteroatoms. The van der Waals surface area contributed by atoms with E-state index in [1.54, 1.807) is 27.7 Å². The van der Waals surface area contributed by atoms with Crippen LogP contribution in [0.1, 0.15) is 37.5 Å². The maximum atomic E-state index is 12.5. The van der Waals surface area contributed by atoms with Gasteiger partial charge in [0.15, 0.2) is 0 Å². The highest BCUT2D eigenvalue weighted by Gasteiger charge is 2.30. The van der Waals surface area contributed by atoms with Crippen LogP contribution in [0.5, 0.6) is 0 Å². The summed E-state index contributed by atoms with van der Waals surface area (Å²) < 4.78 is 42.6. The fourth-order valence-corrected chi connectivity index (χ4v) is 1.55. The van der Waals surface area contributed by atoms with E-state index in [0.717, 1.165) is 12.1 Å². The first kappa shape index (κ1) is 17.9. The van der Waals surface area contributed by atoms with Gasteiger partial charge in [0, 0.05) is 5.56 Å². The van der Waals surface area contributed by atoms with Crippen LogP contribution >= 0.6 is 0 Å². The molecule has 0 fully saturated rings. The molecular weight excluding hydrogens is 295 g/mol. The van der Waals surface area contributed by atoms with E-state index < -0.39 is 23.4 Å². The Bertz CT molecular complexity index is 605. The van der Waals surface area contributed by atoms with Crippen LogP contribution in [0.15, 0.2) is 18.2 Å². The Hall–Kier alpha value is -2.16. The highest BCUT2D eigenvalue weighted by atomic mass is 19.4. The van der Waals surface area contributed by atoms with Crippen LogP contribution in [0.25, 0.3) is 0 Å². The molecule has 120 valence electrons. The minimum Gasteiger partial charge on any atom is -0.444 e. The smallest absolute Gasteiger partial charge is 0.416 e. The topological polar surface area (TPSA) is 38.3 Å². The van der Waals surface area contributed by atoms with Crippen LogP contribution in [0.2, 0.25) is 0 Å². The van der Waals surface area contributed by atoms with Crippen LogP contribution in [-0.4, -0.2) is 18.2 Å². The Balaban J connectivity index is 2.64. The molecule has 0 bridgehead atoms. The van der Waals surface area contributed by atoms with Gasteiger partial charge in [-0.05, 0) is 51.5 Å². The summed E-state index contributed by atoms with van der Waals surface area (Å²) in [6.45, 7) is 6.83. The molecule has 1 rings (SSSR count). The fourth-order valence-electron chi connectivity index (χ4n) is 1.55. The van der Waals surface area contributed by atoms with Crippen molar-refractivity contribution in [2.45, 2.75) is 39.5 Å². The lowest BCUT2D eigenvalue weighted by Gasteiger charge is -2.19. The molecule has 1 N–H and O–H groups in total. The number of alkyl carbamates (subject to hydrolysis) is 1. The van der Waals surface area contributed by atoms with Crippen LogP contribution < -0.4 is 5.32 Å². The van der Waals surface area contributed by atoms with E-state index in [-0.39, 0.29) is 6.54 Å². The van der Waals surface area contributed by atoms with Crippen LogP contribution in [0.4, 0.5) is 18.0 Å². The first-order valence-electron chi connectivity index (χ1n) is 6.62. The number of carbonyl (C=O) groups excluding carboxylic acids is 1. The number of carbonyl (C=O) groups is 1. The molecule has 0 radical (unpaired) electrons. The molecule has 1 amide bonds. The Morgan fingerprint density at radius 1 is 1.27 bits per heavy atom. The van der Waals surface area contributed by atoms with Crippen molar-refractivity contribution in [1.29, 1.82) is 0 Å². The lowest BCUT2D eigenvalue weighted by atomic mass is 10.1. The van der Waals surface area contributed by atoms with Crippen molar-refractivity contribution in [3.63, 3.8) is 0 Å². The van der Waals surface area contributed by atoms with Gasteiger partial charge in [-0.2, -0.15) is 13.2 Å². The maximum absolute atomic E-state index is 12.5. The molecule has 22 heavy (non-hydrogen) atoms. The largest absolute Gasteiger partial charge is 0.444 e. The molecule has 0 spiro atoms. The predicted molar refractivity (Wildman–Crippen MR) is 77.3 cm³/mol. The van der Waals surface area contributed by atoms with Crippen molar-refractivity contribution in [1.82, 2.24) is 5.32 Å². The Labute approximate surface area is 127 Å². The lowest BCUT2D eigenvalue weighted by molar-refractivity contribution is -0.137. The summed E-state index contributed by atoms with van der Waals surface area (Å²) in [6.07, 6.45) is -4.96. The summed E-state index contributed by atoms with van der Waals surface area (Å²) in [5.74, 6) is 5.40. The number of rotatable bonds is 1. The average Bonchev–Trinajstić information content (AvgIpc) is 2.32. The van der Waals surface area contributed by atoms with Crippen LogP contribution in [0, 0.1) is 18.8 Å². The van der Waals surface area contributed by atoms with Crippen molar-refractivity contribution < 1.29 is 22.7 Å². The molecule has 0 atom stereocenters. The van der Waals surface area contributed by atoms with Gasteiger partial charge in [0.1, 0.15) is 5.60 Å². The van der Waals surface area contributed by atoms with Gasteiger partial charge in [-0.1, -0.05) is 11.8 Å². The number of nitrogens with one attached hydrogen (secondary N) is 1. The summed E-state index contributed by atoms with van der Waals surface area (Å²) in [5.41, 5.74) is -0.386. The second-order valence-electron chi connectivity index (χ2n) is 5.68. The normalized spacial score (nSPS) is 11.4. The molecule has 0 aliphatic carbocycles. The van der Waals surface area contributed by atoms with E-state index in [4.69, 9.17) is 4.74 Å². The molecular formula is C16H18F3NO2. The standard InChI is InChI=1S/C16H18F3NO2/c1-11-10-13(16(17,18)19)8-7-12(11)6-5-9-20-14(21)22-15(2,3)4/h7-8,10H,9H2,1-4H3,(H,20,21). The third-order valence-corrected chi connectivity index (χ3v) is 2.50. The Morgan fingerprint density at radius 2 is 1.91 bits per heavy atom. The highest BCUT2D eigenvalue weighted by molar-refractivity contribution is 5.68. The van der Waals surface area contributed by atoms with Crippen LogP contribution in [0.3, 0.4) is 0 Å². The van der Waals surface area contributed by atoms with Crippen molar-refractivity contribution in [3.05, 3.63) is 34.9 Å². The number of amides is 1. The number of halogens is 3. The van der Waals surface area contributed by atoms with E-state index in [9.17, 15) is 18.0 Å². The quantitative estimate of drug-likeness (QED) is 0.799. The zero-order chi connectivity index (χ0) is 17.0. The SMILES string of the molecule is Cc1cc(C(F)(F)F)ccc1C#CCNC(=O)OC(C)(C)C. The first-order valence-corrected chi connectivity index (χ1v) is 6.62. The minimum atomic E-state index is -4.37. The molecule has 1 aromatic rings. The molecule has 0 aliphatic heterocycles. The third kappa shape index (κ3) is 6.08. The number of hydrogen-bond donors (Lipinski definition) is 1. The molecule has 3 nitrogen and oxygen atoms in total. The second-order valence-corrected chi connectivity index (χ2v) is 5.68. The summed E-state index contributed by atoms with van der Waals surface area (Å²) in [6, 6.07) is 3.35. The second kappa shape index (κ2) is 6.73. The maximum Gasteiger partial charge on any atom is 0.416 e. The predicted octanol–water partition coefficient (Wildman–Crippen LogP) is 3.89. The monoisotopic (exact) mass is 313 g/mol. The van der Waals surface area contributed by atoms with E-state index in [1.807, 2.05) is 0 Å². The first-order chi connectivity index (χ1) is 9.99. The molecule has 0 aromatic heterocycles. The van der Waals surface area contributed by atoms with Crippen molar-refractivity contribution >= 4 is 6.09 Å². The van der Waals surface area contributed by atoms with E-state index >= 15 is 0 Å². The number of hydrogen-bond acceptors (Lipinski definition) is 2. The summed E-state index contributed by atoms with van der Waals surface area (Å²) in [4.78, 5) is 11.4. The molecule has 0 saturated heterocycles. The summed E-state index contributed by atoms with van der Waals surface area (Å²) in [5, 5.41) is 2.45. The molecule has 0 saturated carbocycles. The van der Waals surface area contributed by atoms with Gasteiger partial charge in [0.2, 0.25) is 0 Å². The number of ether oxygens (including phenoxy) is 1. The zero-order valence-corrected chi connectivity index (χ0v) is 12.9. The van der Waals surface area contributed by atoms with Crippen molar-refractivity contribution in [2.24, 2.45) is 0 Å². The highest BCUT2D eigenvalue weighted by Crippen LogP contribution is 2.30. The van der Waals surface area contributed by atoms with Gasteiger partial charge in [-0.25, -0.2) is 4.79 Å². The molecule has 1 aromatic carbocycles. The third-order valence-electron chi connectivity index (χ3n) is 2.50. The van der Waals surface area contributed by atoms with Crippen LogP contribution in [-0.2, 0) is 10.9 Å². The molecule has 0 unspecified atom stereocenters. The van der Waals surface area contributed by atoms with E-state index in [0.29, 0.717) is 11.1 Å². The zero-order valence-electron chi connectivity index (χ0n) is 12.9. The average molecular weight is 313 g/mol. The lowest BCUT2D eigenvalue weighted by Crippen LogP contribution is -2.32. The van der Waals surface area contributed by atoms with Gasteiger partial charge in [-0.15, -0.1) is 0 Å². The number of aryl methyl sites for hydroxylation is 1. The van der Waals surface area contributed by atoms with Gasteiger partial charge in [-0.3, -0.25) is 0 Å². The van der Waals surface area contributed by atoms with Gasteiger partial charge >= 0.3 is 12.3 Å². The molecule has 0 aliphatic rings. The van der Waals surface area contributed by atoms with Gasteiger partial charge in [0.25, 0.3) is 0 Å². The summed E-state index contributed by atoms with van der Waals surface area (Å²) in [7, 11) is 0. The number of alkyl halides is 3. The Morgan fingerprint density at radius 3 is 2.41 bits per heavy atom. The van der Waals surface area contributed by atoms with E-state index in [2.05, 4.69) is 17.2 Å².